The van der Waals surface area contributed by atoms with Crippen molar-refractivity contribution in [3.8, 4) is 0 Å². The van der Waals surface area contributed by atoms with Crippen molar-refractivity contribution in [1.82, 2.24) is 10.3 Å². The fourth-order valence-corrected chi connectivity index (χ4v) is 3.01. The van der Waals surface area contributed by atoms with Crippen LogP contribution in [0.3, 0.4) is 0 Å². The summed E-state index contributed by atoms with van der Waals surface area (Å²) in [6.45, 7) is 1.91. The molecule has 0 bridgehead atoms. The van der Waals surface area contributed by atoms with Gasteiger partial charge >= 0.3 is 0 Å². The first kappa shape index (κ1) is 14.2. The Bertz CT molecular complexity index is 594. The van der Waals surface area contributed by atoms with Crippen LogP contribution in [0.1, 0.15) is 10.4 Å². The van der Waals surface area contributed by atoms with Crippen LogP contribution in [0.15, 0.2) is 36.5 Å². The molecule has 1 amide bonds. The zero-order valence-corrected chi connectivity index (χ0v) is 12.4. The Morgan fingerprint density at radius 1 is 1.43 bits per heavy atom. The van der Waals surface area contributed by atoms with E-state index in [2.05, 4.69) is 27.8 Å². The number of benzene rings is 1. The average Bonchev–Trinajstić information content (AvgIpc) is 2.96. The van der Waals surface area contributed by atoms with Crippen LogP contribution in [0.2, 0.25) is 0 Å². The predicted molar refractivity (Wildman–Crippen MR) is 82.6 cm³/mol. The normalized spacial score (nSPS) is 18.4. The van der Waals surface area contributed by atoms with Gasteiger partial charge in [0.2, 0.25) is 0 Å². The van der Waals surface area contributed by atoms with Crippen LogP contribution in [0.5, 0.6) is 0 Å². The summed E-state index contributed by atoms with van der Waals surface area (Å²) in [5, 5.41) is 6.58. The van der Waals surface area contributed by atoms with E-state index in [0.29, 0.717) is 18.3 Å². The van der Waals surface area contributed by atoms with Gasteiger partial charge in [-0.05, 0) is 5.56 Å². The second-order valence-corrected chi connectivity index (χ2v) is 5.96. The zero-order valence-electron chi connectivity index (χ0n) is 11.5. The van der Waals surface area contributed by atoms with Gasteiger partial charge < -0.3 is 10.1 Å². The largest absolute Gasteiger partial charge is 0.366 e. The highest BCUT2D eigenvalue weighted by molar-refractivity contribution is 7.15. The Labute approximate surface area is 127 Å². The SMILES string of the molecule is O=C(Nc1ncc(Cc2ccccc2)s1)C1CNCCO1. The number of rotatable bonds is 4. The maximum atomic E-state index is 12.0. The molecule has 1 saturated heterocycles. The van der Waals surface area contributed by atoms with Gasteiger partial charge in [-0.2, -0.15) is 0 Å². The summed E-state index contributed by atoms with van der Waals surface area (Å²) in [5.74, 6) is -0.136. The van der Waals surface area contributed by atoms with E-state index in [-0.39, 0.29) is 5.91 Å². The quantitative estimate of drug-likeness (QED) is 0.902. The molecule has 1 aliphatic heterocycles. The average molecular weight is 303 g/mol. The highest BCUT2D eigenvalue weighted by Crippen LogP contribution is 2.21. The minimum absolute atomic E-state index is 0.136. The number of carbonyl (C=O) groups is 1. The van der Waals surface area contributed by atoms with Gasteiger partial charge in [-0.1, -0.05) is 30.3 Å². The highest BCUT2D eigenvalue weighted by Gasteiger charge is 2.22. The molecule has 0 aliphatic carbocycles. The van der Waals surface area contributed by atoms with Crippen LogP contribution < -0.4 is 10.6 Å². The van der Waals surface area contributed by atoms with Gasteiger partial charge in [-0.25, -0.2) is 4.98 Å². The van der Waals surface area contributed by atoms with Crippen LogP contribution in [-0.2, 0) is 16.0 Å². The molecular formula is C15H17N3O2S. The van der Waals surface area contributed by atoms with E-state index in [1.807, 2.05) is 24.4 Å². The second-order valence-electron chi connectivity index (χ2n) is 4.85. The summed E-state index contributed by atoms with van der Waals surface area (Å²) >= 11 is 1.50. The first-order valence-corrected chi connectivity index (χ1v) is 7.75. The predicted octanol–water partition coefficient (Wildman–Crippen LogP) is 1.66. The highest BCUT2D eigenvalue weighted by atomic mass is 32.1. The fourth-order valence-electron chi connectivity index (χ4n) is 2.16. The first-order valence-electron chi connectivity index (χ1n) is 6.93. The van der Waals surface area contributed by atoms with E-state index in [9.17, 15) is 4.79 Å². The number of amides is 1. The minimum Gasteiger partial charge on any atom is -0.366 e. The molecular weight excluding hydrogens is 286 g/mol. The molecule has 0 radical (unpaired) electrons. The Hall–Kier alpha value is -1.76. The van der Waals surface area contributed by atoms with Crippen LogP contribution >= 0.6 is 11.3 Å². The summed E-state index contributed by atoms with van der Waals surface area (Å²) in [6, 6.07) is 10.2. The minimum atomic E-state index is -0.430. The number of nitrogens with one attached hydrogen (secondary N) is 2. The van der Waals surface area contributed by atoms with Gasteiger partial charge in [0.15, 0.2) is 5.13 Å². The lowest BCUT2D eigenvalue weighted by Gasteiger charge is -2.22. The van der Waals surface area contributed by atoms with E-state index >= 15 is 0 Å². The number of hydrogen-bond acceptors (Lipinski definition) is 5. The van der Waals surface area contributed by atoms with E-state index in [0.717, 1.165) is 17.8 Å². The molecule has 110 valence electrons. The van der Waals surface area contributed by atoms with Crippen molar-refractivity contribution in [1.29, 1.82) is 0 Å². The monoisotopic (exact) mass is 303 g/mol. The summed E-state index contributed by atoms with van der Waals surface area (Å²) in [7, 11) is 0. The van der Waals surface area contributed by atoms with Gasteiger partial charge in [0, 0.05) is 30.6 Å². The van der Waals surface area contributed by atoms with Gasteiger partial charge in [-0.3, -0.25) is 10.1 Å². The van der Waals surface area contributed by atoms with Gasteiger partial charge in [0.05, 0.1) is 6.61 Å². The molecule has 1 atom stereocenters. The Morgan fingerprint density at radius 3 is 3.05 bits per heavy atom. The van der Waals surface area contributed by atoms with Crippen LogP contribution in [-0.4, -0.2) is 36.7 Å². The molecule has 2 heterocycles. The summed E-state index contributed by atoms with van der Waals surface area (Å²) in [4.78, 5) is 17.4. The molecule has 5 nitrogen and oxygen atoms in total. The van der Waals surface area contributed by atoms with Crippen molar-refractivity contribution < 1.29 is 9.53 Å². The van der Waals surface area contributed by atoms with Crippen LogP contribution in [0.4, 0.5) is 5.13 Å². The number of anilines is 1. The third kappa shape index (κ3) is 3.87. The Kier molecular flexibility index (Phi) is 4.59. The number of aromatic nitrogens is 1. The number of carbonyl (C=O) groups excluding carboxylic acids is 1. The third-order valence-corrected chi connectivity index (χ3v) is 4.14. The Balaban J connectivity index is 1.58. The van der Waals surface area contributed by atoms with Crippen molar-refractivity contribution in [3.05, 3.63) is 47.0 Å². The topological polar surface area (TPSA) is 63.2 Å². The van der Waals surface area contributed by atoms with E-state index < -0.39 is 6.10 Å². The number of morpholine rings is 1. The summed E-state index contributed by atoms with van der Waals surface area (Å²) in [5.41, 5.74) is 1.24. The van der Waals surface area contributed by atoms with Gasteiger partial charge in [0.1, 0.15) is 6.10 Å². The molecule has 1 unspecified atom stereocenters. The van der Waals surface area contributed by atoms with Crippen LogP contribution in [0, 0.1) is 0 Å². The summed E-state index contributed by atoms with van der Waals surface area (Å²) < 4.78 is 5.42. The molecule has 1 aromatic carbocycles. The molecule has 21 heavy (non-hydrogen) atoms. The number of ether oxygens (including phenoxy) is 1. The smallest absolute Gasteiger partial charge is 0.256 e. The molecule has 2 N–H and O–H groups in total. The zero-order chi connectivity index (χ0) is 14.5. The van der Waals surface area contributed by atoms with Crippen molar-refractivity contribution >= 4 is 22.4 Å². The number of thiazole rings is 1. The van der Waals surface area contributed by atoms with Crippen molar-refractivity contribution in [3.63, 3.8) is 0 Å². The maximum Gasteiger partial charge on any atom is 0.256 e. The first-order chi connectivity index (χ1) is 10.3. The Morgan fingerprint density at radius 2 is 2.29 bits per heavy atom. The van der Waals surface area contributed by atoms with Crippen LogP contribution in [0.25, 0.3) is 0 Å². The molecule has 3 rings (SSSR count). The lowest BCUT2D eigenvalue weighted by atomic mass is 10.1. The lowest BCUT2D eigenvalue weighted by molar-refractivity contribution is -0.128. The molecule has 1 fully saturated rings. The third-order valence-electron chi connectivity index (χ3n) is 3.22. The van der Waals surface area contributed by atoms with E-state index in [4.69, 9.17) is 4.74 Å². The number of hydrogen-bond donors (Lipinski definition) is 2. The summed E-state index contributed by atoms with van der Waals surface area (Å²) in [6.07, 6.45) is 2.21. The lowest BCUT2D eigenvalue weighted by Crippen LogP contribution is -2.45. The molecule has 0 spiro atoms. The maximum absolute atomic E-state index is 12.0. The van der Waals surface area contributed by atoms with E-state index in [1.54, 1.807) is 0 Å². The van der Waals surface area contributed by atoms with Gasteiger partial charge in [0.25, 0.3) is 5.91 Å². The van der Waals surface area contributed by atoms with E-state index in [1.165, 1.54) is 16.9 Å². The van der Waals surface area contributed by atoms with Crippen molar-refractivity contribution in [2.24, 2.45) is 0 Å². The van der Waals surface area contributed by atoms with Crippen molar-refractivity contribution in [2.75, 3.05) is 25.0 Å². The molecule has 2 aromatic rings. The molecule has 1 aliphatic rings. The van der Waals surface area contributed by atoms with Gasteiger partial charge in [-0.15, -0.1) is 11.3 Å². The molecule has 6 heteroatoms. The van der Waals surface area contributed by atoms with Crippen molar-refractivity contribution in [2.45, 2.75) is 12.5 Å². The molecule has 1 aromatic heterocycles. The number of nitrogens with zero attached hydrogens (tertiary/aromatic N) is 1. The second kappa shape index (κ2) is 6.80. The fraction of sp³-hybridized carbons (Fsp3) is 0.333. The standard InChI is InChI=1S/C15H17N3O2S/c19-14(13-10-16-6-7-20-13)18-15-17-9-12(21-15)8-11-4-2-1-3-5-11/h1-5,9,13,16H,6-8,10H2,(H,17,18,19). The molecule has 0 saturated carbocycles.